The van der Waals surface area contributed by atoms with Gasteiger partial charge in [0.05, 0.1) is 35.1 Å². The number of aromatic nitrogens is 2. The molecule has 15 nitrogen and oxygen atoms in total. The minimum atomic E-state index is -0.401. The van der Waals surface area contributed by atoms with Crippen LogP contribution in [-0.2, 0) is 20.8 Å². The first-order valence-electron chi connectivity index (χ1n) is 20.2. The maximum absolute atomic E-state index is 13.5. The predicted molar refractivity (Wildman–Crippen MR) is 232 cm³/mol. The molecule has 1 aromatic heterocycles. The van der Waals surface area contributed by atoms with Crippen molar-refractivity contribution in [3.8, 4) is 5.75 Å². The zero-order valence-electron chi connectivity index (χ0n) is 33.6. The topological polar surface area (TPSA) is 173 Å². The molecular weight excluding hydrogens is 816 g/mol. The standard InChI is InChI=1S/C43H51BrN10O5/c1-4-27-23-35(49-43-46-25-32(44)40(51-43)48-33-8-6-5-7-31(33)41(57)45-2)37(59-3)24-36(27)53-19-21-54(22-20-53)39(56)26-52-17-15-29(16-18-52)28-9-11-30(12-10-28)47-34-13-14-38(55)50-42(34)58/h5-12,23-25,29,34,47H,4,13-22,26H2,1-3H3,(H,45,57)(H,50,55,58)(H2,46,48,49,51). The number of methoxy groups -OCH3 is 1. The quantitative estimate of drug-likeness (QED) is 0.109. The van der Waals surface area contributed by atoms with Gasteiger partial charge in [-0.1, -0.05) is 31.2 Å². The number of hydrogen-bond donors (Lipinski definition) is 5. The van der Waals surface area contributed by atoms with Crippen molar-refractivity contribution in [3.05, 3.63) is 88.0 Å². The van der Waals surface area contributed by atoms with Crippen molar-refractivity contribution >= 4 is 74.1 Å². The lowest BCUT2D eigenvalue weighted by atomic mass is 9.89. The van der Waals surface area contributed by atoms with E-state index in [9.17, 15) is 19.2 Å². The molecular formula is C43H51BrN10O5. The lowest BCUT2D eigenvalue weighted by Crippen LogP contribution is -2.52. The van der Waals surface area contributed by atoms with E-state index in [0.717, 1.165) is 55.0 Å². The van der Waals surface area contributed by atoms with Gasteiger partial charge >= 0.3 is 0 Å². The number of carbonyl (C=O) groups excluding carboxylic acids is 4. The third kappa shape index (κ3) is 9.94. The number of piperazine rings is 1. The Bertz CT molecular complexity index is 2170. The number of anilines is 6. The Morgan fingerprint density at radius 2 is 1.68 bits per heavy atom. The van der Waals surface area contributed by atoms with Crippen molar-refractivity contribution in [1.29, 1.82) is 0 Å². The number of imide groups is 1. The zero-order valence-corrected chi connectivity index (χ0v) is 35.2. The molecule has 5 N–H and O–H groups in total. The molecule has 0 radical (unpaired) electrons. The van der Waals surface area contributed by atoms with Crippen LogP contribution in [0.4, 0.5) is 34.5 Å². The summed E-state index contributed by atoms with van der Waals surface area (Å²) in [6, 6.07) is 19.2. The van der Waals surface area contributed by atoms with E-state index in [4.69, 9.17) is 9.72 Å². The Morgan fingerprint density at radius 1 is 0.932 bits per heavy atom. The number of piperidine rings is 2. The number of hydrogen-bond acceptors (Lipinski definition) is 12. The number of carbonyl (C=O) groups is 4. The summed E-state index contributed by atoms with van der Waals surface area (Å²) in [6.07, 6.45) is 5.23. The van der Waals surface area contributed by atoms with Gasteiger partial charge in [-0.15, -0.1) is 0 Å². The minimum Gasteiger partial charge on any atom is -0.494 e. The van der Waals surface area contributed by atoms with Crippen LogP contribution < -0.4 is 36.2 Å². The summed E-state index contributed by atoms with van der Waals surface area (Å²) in [7, 11) is 3.23. The van der Waals surface area contributed by atoms with Gasteiger partial charge in [-0.2, -0.15) is 4.98 Å². The number of rotatable bonds is 13. The molecule has 3 saturated heterocycles. The van der Waals surface area contributed by atoms with Crippen molar-refractivity contribution in [1.82, 2.24) is 30.4 Å². The van der Waals surface area contributed by atoms with E-state index in [1.54, 1.807) is 26.4 Å². The van der Waals surface area contributed by atoms with E-state index in [-0.39, 0.29) is 23.6 Å². The summed E-state index contributed by atoms with van der Waals surface area (Å²) >= 11 is 3.53. The fourth-order valence-electron chi connectivity index (χ4n) is 7.94. The van der Waals surface area contributed by atoms with E-state index in [1.807, 2.05) is 41.3 Å². The lowest BCUT2D eigenvalue weighted by Gasteiger charge is -2.39. The van der Waals surface area contributed by atoms with E-state index in [1.165, 1.54) is 5.56 Å². The molecule has 16 heteroatoms. The molecule has 1 atom stereocenters. The molecule has 0 spiro atoms. The van der Waals surface area contributed by atoms with Crippen LogP contribution >= 0.6 is 15.9 Å². The molecule has 4 amide bonds. The highest BCUT2D eigenvalue weighted by atomic mass is 79.9. The normalized spacial score (nSPS) is 17.6. The van der Waals surface area contributed by atoms with Crippen LogP contribution in [-0.4, -0.2) is 109 Å². The van der Waals surface area contributed by atoms with Crippen molar-refractivity contribution in [3.63, 3.8) is 0 Å². The first kappa shape index (κ1) is 41.4. The molecule has 0 bridgehead atoms. The predicted octanol–water partition coefficient (Wildman–Crippen LogP) is 5.40. The average molecular weight is 868 g/mol. The molecule has 3 aromatic carbocycles. The Kier molecular flexibility index (Phi) is 13.3. The monoisotopic (exact) mass is 866 g/mol. The molecule has 4 heterocycles. The van der Waals surface area contributed by atoms with E-state index >= 15 is 0 Å². The van der Waals surface area contributed by atoms with Crippen LogP contribution in [0.2, 0.25) is 0 Å². The second-order valence-corrected chi connectivity index (χ2v) is 15.8. The van der Waals surface area contributed by atoms with Crippen LogP contribution in [0.5, 0.6) is 5.75 Å². The van der Waals surface area contributed by atoms with E-state index in [2.05, 4.69) is 82.4 Å². The zero-order chi connectivity index (χ0) is 41.5. The third-order valence-corrected chi connectivity index (χ3v) is 11.9. The highest BCUT2D eigenvalue weighted by Crippen LogP contribution is 2.37. The van der Waals surface area contributed by atoms with Gasteiger partial charge in [0.25, 0.3) is 5.91 Å². The Labute approximate surface area is 352 Å². The fraction of sp³-hybridized carbons (Fsp3) is 0.395. The van der Waals surface area contributed by atoms with Crippen LogP contribution in [0, 0.1) is 0 Å². The second-order valence-electron chi connectivity index (χ2n) is 15.0. The highest BCUT2D eigenvalue weighted by molar-refractivity contribution is 9.10. The van der Waals surface area contributed by atoms with Crippen LogP contribution in [0.3, 0.4) is 0 Å². The number of nitrogens with one attached hydrogen (secondary N) is 5. The van der Waals surface area contributed by atoms with Crippen LogP contribution in [0.1, 0.15) is 60.0 Å². The summed E-state index contributed by atoms with van der Waals surface area (Å²) in [5.74, 6) is 1.37. The number of amides is 4. The van der Waals surface area contributed by atoms with Crippen molar-refractivity contribution < 1.29 is 23.9 Å². The van der Waals surface area contributed by atoms with E-state index in [0.29, 0.717) is 84.7 Å². The lowest BCUT2D eigenvalue weighted by molar-refractivity contribution is -0.134. The summed E-state index contributed by atoms with van der Waals surface area (Å²) in [6.45, 7) is 6.99. The highest BCUT2D eigenvalue weighted by Gasteiger charge is 2.29. The maximum Gasteiger partial charge on any atom is 0.253 e. The Hall–Kier alpha value is -5.74. The Balaban J connectivity index is 0.912. The average Bonchev–Trinajstić information content (AvgIpc) is 3.26. The molecule has 310 valence electrons. The summed E-state index contributed by atoms with van der Waals surface area (Å²) < 4.78 is 6.50. The molecule has 3 aliphatic rings. The number of halogens is 1. The minimum absolute atomic E-state index is 0.167. The van der Waals surface area contributed by atoms with Gasteiger partial charge in [-0.3, -0.25) is 29.4 Å². The van der Waals surface area contributed by atoms with Gasteiger partial charge in [0.1, 0.15) is 17.6 Å². The van der Waals surface area contributed by atoms with Crippen molar-refractivity contribution in [2.24, 2.45) is 0 Å². The van der Waals surface area contributed by atoms with Crippen molar-refractivity contribution in [2.45, 2.75) is 51.0 Å². The molecule has 0 aliphatic carbocycles. The Morgan fingerprint density at radius 3 is 2.37 bits per heavy atom. The van der Waals surface area contributed by atoms with Gasteiger partial charge in [0, 0.05) is 63.3 Å². The van der Waals surface area contributed by atoms with Crippen LogP contribution in [0.25, 0.3) is 0 Å². The van der Waals surface area contributed by atoms with E-state index < -0.39 is 6.04 Å². The fourth-order valence-corrected chi connectivity index (χ4v) is 8.23. The van der Waals surface area contributed by atoms with Gasteiger partial charge in [-0.25, -0.2) is 4.98 Å². The molecule has 59 heavy (non-hydrogen) atoms. The molecule has 3 fully saturated rings. The van der Waals surface area contributed by atoms with Gasteiger partial charge in [0.15, 0.2) is 0 Å². The third-order valence-electron chi connectivity index (χ3n) is 11.3. The molecule has 1 unspecified atom stereocenters. The number of likely N-dealkylation sites (tertiary alicyclic amines) is 1. The van der Waals surface area contributed by atoms with Crippen molar-refractivity contribution in [2.75, 3.05) is 80.8 Å². The molecule has 3 aliphatic heterocycles. The van der Waals surface area contributed by atoms with Gasteiger partial charge in [0.2, 0.25) is 23.7 Å². The number of nitrogens with zero attached hydrogens (tertiary/aromatic N) is 5. The maximum atomic E-state index is 13.5. The number of benzene rings is 3. The number of ether oxygens (including phenoxy) is 1. The summed E-state index contributed by atoms with van der Waals surface area (Å²) in [5.41, 5.74) is 6.16. The molecule has 7 rings (SSSR count). The largest absolute Gasteiger partial charge is 0.494 e. The molecule has 4 aromatic rings. The van der Waals surface area contributed by atoms with Crippen LogP contribution in [0.15, 0.2) is 71.3 Å². The number of aryl methyl sites for hydroxylation is 1. The summed E-state index contributed by atoms with van der Waals surface area (Å²) in [4.78, 5) is 65.3. The molecule has 0 saturated carbocycles. The van der Waals surface area contributed by atoms with Gasteiger partial charge < -0.3 is 35.8 Å². The number of para-hydroxylation sites is 1. The first-order chi connectivity index (χ1) is 28.6. The smallest absolute Gasteiger partial charge is 0.253 e. The SMILES string of the molecule is CCc1cc(Nc2ncc(Br)c(Nc3ccccc3C(=O)NC)n2)c(OC)cc1N1CCN(C(=O)CN2CCC(c3ccc(NC4CCC(=O)NC4=O)cc3)CC2)CC1. The summed E-state index contributed by atoms with van der Waals surface area (Å²) in [5, 5.41) is 14.9. The van der Waals surface area contributed by atoms with Gasteiger partial charge in [-0.05, 0) is 102 Å². The second kappa shape index (κ2) is 18.9. The first-order valence-corrected chi connectivity index (χ1v) is 21.0.